The minimum absolute atomic E-state index is 0. The monoisotopic (exact) mass is 346 g/mol. The van der Waals surface area contributed by atoms with Crippen LogP contribution in [0.4, 0.5) is 0 Å². The zero-order chi connectivity index (χ0) is 14.7. The maximum absolute atomic E-state index is 12.5. The van der Waals surface area contributed by atoms with Crippen molar-refractivity contribution in [3.8, 4) is 0 Å². The number of carbonyl (C=O) groups is 2. The van der Waals surface area contributed by atoms with Gasteiger partial charge in [-0.25, -0.2) is 13.8 Å². The van der Waals surface area contributed by atoms with Crippen LogP contribution in [-0.2, 0) is 27.9 Å². The molecule has 2 N–H and O–H groups in total. The predicted molar refractivity (Wildman–Crippen MR) is 71.5 cm³/mol. The molecule has 0 aliphatic rings. The van der Waals surface area contributed by atoms with Crippen molar-refractivity contribution < 1.29 is 41.1 Å². The van der Waals surface area contributed by atoms with Crippen molar-refractivity contribution in [2.24, 2.45) is 0 Å². The zero-order valence-electron chi connectivity index (χ0n) is 10.5. The Balaban J connectivity index is 0.00000220. The fourth-order valence-electron chi connectivity index (χ4n) is 1.73. The SMILES string of the molecule is O=C(O)c1ccccc1S(=O)c1ccccc1C(=O)O.[Fe]. The molecule has 0 unspecified atom stereocenters. The molecule has 0 bridgehead atoms. The molecule has 7 heteroatoms. The van der Waals surface area contributed by atoms with E-state index in [-0.39, 0.29) is 38.0 Å². The van der Waals surface area contributed by atoms with Crippen molar-refractivity contribution in [2.45, 2.75) is 9.79 Å². The van der Waals surface area contributed by atoms with Gasteiger partial charge >= 0.3 is 11.9 Å². The summed E-state index contributed by atoms with van der Waals surface area (Å²) in [5.41, 5.74) is -0.211. The Morgan fingerprint density at radius 2 is 1.10 bits per heavy atom. The van der Waals surface area contributed by atoms with Crippen LogP contribution in [0, 0.1) is 0 Å². The summed E-state index contributed by atoms with van der Waals surface area (Å²) < 4.78 is 12.5. The van der Waals surface area contributed by atoms with E-state index in [1.54, 1.807) is 12.1 Å². The standard InChI is InChI=1S/C14H10O5S.Fe/c15-13(16)9-5-1-3-7-11(9)20(19)12-8-4-2-6-10(12)14(17)18;/h1-8H,(H,15,16)(H,17,18);. The topological polar surface area (TPSA) is 91.7 Å². The molecule has 0 saturated heterocycles. The van der Waals surface area contributed by atoms with Gasteiger partial charge < -0.3 is 10.2 Å². The maximum Gasteiger partial charge on any atom is 0.336 e. The predicted octanol–water partition coefficient (Wildman–Crippen LogP) is 2.25. The molecule has 2 aromatic carbocycles. The van der Waals surface area contributed by atoms with Gasteiger partial charge in [-0.05, 0) is 24.3 Å². The van der Waals surface area contributed by atoms with Crippen LogP contribution < -0.4 is 0 Å². The Bertz CT molecular complexity index is 655. The third-order valence-corrected chi connectivity index (χ3v) is 4.15. The molecule has 0 saturated carbocycles. The Morgan fingerprint density at radius 1 is 0.762 bits per heavy atom. The molecule has 2 rings (SSSR count). The Labute approximate surface area is 133 Å². The average molecular weight is 346 g/mol. The summed E-state index contributed by atoms with van der Waals surface area (Å²) in [6.07, 6.45) is 0. The summed E-state index contributed by atoms with van der Waals surface area (Å²) in [5, 5.41) is 18.2. The molecule has 0 atom stereocenters. The normalized spacial score (nSPS) is 9.95. The quantitative estimate of drug-likeness (QED) is 0.829. The minimum Gasteiger partial charge on any atom is -0.478 e. The number of benzene rings is 2. The molecular formula is C14H10FeO5S. The average Bonchev–Trinajstić information content (AvgIpc) is 2.46. The summed E-state index contributed by atoms with van der Waals surface area (Å²) in [4.78, 5) is 22.4. The van der Waals surface area contributed by atoms with E-state index in [1.165, 1.54) is 36.4 Å². The van der Waals surface area contributed by atoms with Crippen LogP contribution in [0.1, 0.15) is 20.7 Å². The number of hydrogen-bond acceptors (Lipinski definition) is 3. The van der Waals surface area contributed by atoms with Gasteiger partial charge in [-0.15, -0.1) is 0 Å². The molecule has 0 aliphatic carbocycles. The van der Waals surface area contributed by atoms with Crippen LogP contribution in [0.2, 0.25) is 0 Å². The maximum atomic E-state index is 12.5. The van der Waals surface area contributed by atoms with Crippen LogP contribution in [0.3, 0.4) is 0 Å². The molecule has 0 amide bonds. The van der Waals surface area contributed by atoms with Gasteiger partial charge in [-0.1, -0.05) is 24.3 Å². The fourth-order valence-corrected chi connectivity index (χ4v) is 3.08. The van der Waals surface area contributed by atoms with Crippen molar-refractivity contribution in [2.75, 3.05) is 0 Å². The van der Waals surface area contributed by atoms with Gasteiger partial charge in [0.05, 0.1) is 31.7 Å². The van der Waals surface area contributed by atoms with Crippen molar-refractivity contribution in [3.05, 3.63) is 59.7 Å². The molecule has 0 spiro atoms. The van der Waals surface area contributed by atoms with Gasteiger partial charge in [-0.3, -0.25) is 0 Å². The Hall–Kier alpha value is -1.95. The summed E-state index contributed by atoms with van der Waals surface area (Å²) >= 11 is 0. The van der Waals surface area contributed by atoms with Crippen molar-refractivity contribution in [1.82, 2.24) is 0 Å². The molecule has 0 aliphatic heterocycles. The molecule has 0 fully saturated rings. The Morgan fingerprint density at radius 3 is 1.43 bits per heavy atom. The summed E-state index contributed by atoms with van der Waals surface area (Å²) in [7, 11) is -1.87. The van der Waals surface area contributed by atoms with Gasteiger partial charge in [0, 0.05) is 17.1 Å². The van der Waals surface area contributed by atoms with Crippen molar-refractivity contribution >= 4 is 22.7 Å². The van der Waals surface area contributed by atoms with Crippen LogP contribution in [0.5, 0.6) is 0 Å². The van der Waals surface area contributed by atoms with E-state index in [0.717, 1.165) is 0 Å². The van der Waals surface area contributed by atoms with Gasteiger partial charge in [0.1, 0.15) is 0 Å². The van der Waals surface area contributed by atoms with Crippen LogP contribution >= 0.6 is 0 Å². The van der Waals surface area contributed by atoms with Crippen molar-refractivity contribution in [1.29, 1.82) is 0 Å². The third kappa shape index (κ3) is 3.58. The molecule has 21 heavy (non-hydrogen) atoms. The second kappa shape index (κ2) is 7.17. The number of rotatable bonds is 4. The van der Waals surface area contributed by atoms with Crippen LogP contribution in [0.15, 0.2) is 58.3 Å². The van der Waals surface area contributed by atoms with Crippen LogP contribution in [-0.4, -0.2) is 26.4 Å². The second-order valence-electron chi connectivity index (χ2n) is 3.87. The van der Waals surface area contributed by atoms with Gasteiger partial charge in [0.15, 0.2) is 0 Å². The molecule has 0 aromatic heterocycles. The molecule has 5 nitrogen and oxygen atoms in total. The van der Waals surface area contributed by atoms with Gasteiger partial charge in [0.25, 0.3) is 0 Å². The number of carboxylic acid groups (broad SMARTS) is 2. The van der Waals surface area contributed by atoms with Crippen LogP contribution in [0.25, 0.3) is 0 Å². The minimum atomic E-state index is -1.87. The summed E-state index contributed by atoms with van der Waals surface area (Å²) in [6, 6.07) is 11.7. The third-order valence-electron chi connectivity index (χ3n) is 2.63. The molecule has 110 valence electrons. The summed E-state index contributed by atoms with van der Waals surface area (Å²) in [5.74, 6) is -2.41. The van der Waals surface area contributed by atoms with E-state index < -0.39 is 22.7 Å². The second-order valence-corrected chi connectivity index (χ2v) is 5.29. The smallest absolute Gasteiger partial charge is 0.336 e. The molecule has 0 radical (unpaired) electrons. The molecule has 0 heterocycles. The van der Waals surface area contributed by atoms with Gasteiger partial charge in [0.2, 0.25) is 0 Å². The molecule has 2 aromatic rings. The number of aromatic carboxylic acids is 2. The number of carboxylic acids is 2. The van der Waals surface area contributed by atoms with E-state index in [9.17, 15) is 13.8 Å². The van der Waals surface area contributed by atoms with Gasteiger partial charge in [-0.2, -0.15) is 0 Å². The molecular weight excluding hydrogens is 336 g/mol. The first kappa shape index (κ1) is 17.1. The summed E-state index contributed by atoms with van der Waals surface area (Å²) in [6.45, 7) is 0. The van der Waals surface area contributed by atoms with E-state index >= 15 is 0 Å². The van der Waals surface area contributed by atoms with Crippen molar-refractivity contribution in [3.63, 3.8) is 0 Å². The Kier molecular flexibility index (Phi) is 5.84. The van der Waals surface area contributed by atoms with E-state index in [1.807, 2.05) is 0 Å². The number of hydrogen-bond donors (Lipinski definition) is 2. The van der Waals surface area contributed by atoms with E-state index in [2.05, 4.69) is 0 Å². The first-order valence-corrected chi connectivity index (χ1v) is 6.73. The largest absolute Gasteiger partial charge is 0.478 e. The fraction of sp³-hybridized carbons (Fsp3) is 0. The van der Waals surface area contributed by atoms with E-state index in [0.29, 0.717) is 0 Å². The zero-order valence-corrected chi connectivity index (χ0v) is 12.4. The first-order chi connectivity index (χ1) is 9.52. The first-order valence-electron chi connectivity index (χ1n) is 5.59. The van der Waals surface area contributed by atoms with E-state index in [4.69, 9.17) is 10.2 Å².